The van der Waals surface area contributed by atoms with Crippen molar-refractivity contribution in [3.8, 4) is 11.6 Å². The Balaban J connectivity index is 2.22. The van der Waals surface area contributed by atoms with Gasteiger partial charge in [0.1, 0.15) is 10.8 Å². The van der Waals surface area contributed by atoms with Crippen molar-refractivity contribution in [1.29, 1.82) is 0 Å². The molecule has 2 rings (SSSR count). The molecule has 3 nitrogen and oxygen atoms in total. The molecule has 112 valence electrons. The normalized spacial score (nSPS) is 10.7. The van der Waals surface area contributed by atoms with Crippen molar-refractivity contribution in [3.63, 3.8) is 0 Å². The van der Waals surface area contributed by atoms with Crippen LogP contribution < -0.4 is 10.1 Å². The number of benzene rings is 1. The van der Waals surface area contributed by atoms with Crippen molar-refractivity contribution >= 4 is 46.4 Å². The van der Waals surface area contributed by atoms with Crippen LogP contribution in [0.4, 0.5) is 0 Å². The smallest absolute Gasteiger partial charge is 0.238 e. The predicted molar refractivity (Wildman–Crippen MR) is 88.2 cm³/mol. The molecule has 0 unspecified atom stereocenters. The Bertz CT molecular complexity index is 649. The van der Waals surface area contributed by atoms with Gasteiger partial charge in [0, 0.05) is 18.8 Å². The summed E-state index contributed by atoms with van der Waals surface area (Å²) in [4.78, 5) is 4.19. The highest BCUT2D eigenvalue weighted by molar-refractivity contribution is 6.43. The van der Waals surface area contributed by atoms with Crippen LogP contribution in [0.1, 0.15) is 12.5 Å². The number of pyridine rings is 1. The molecular formula is C14H12Cl4N2O. The van der Waals surface area contributed by atoms with Gasteiger partial charge in [-0.25, -0.2) is 4.98 Å². The second kappa shape index (κ2) is 7.52. The first-order valence-electron chi connectivity index (χ1n) is 6.18. The second-order valence-electron chi connectivity index (χ2n) is 4.21. The van der Waals surface area contributed by atoms with E-state index in [9.17, 15) is 0 Å². The maximum atomic E-state index is 6.16. The van der Waals surface area contributed by atoms with Gasteiger partial charge >= 0.3 is 0 Å². The van der Waals surface area contributed by atoms with Crippen molar-refractivity contribution in [3.05, 3.63) is 50.0 Å². The molecule has 0 aliphatic carbocycles. The van der Waals surface area contributed by atoms with E-state index in [0.29, 0.717) is 32.4 Å². The minimum atomic E-state index is 0.261. The number of hydrogen-bond acceptors (Lipinski definition) is 3. The maximum absolute atomic E-state index is 6.16. The average molecular weight is 366 g/mol. The molecule has 1 N–H and O–H groups in total. The minimum absolute atomic E-state index is 0.261. The lowest BCUT2D eigenvalue weighted by atomic mass is 10.3. The molecule has 7 heteroatoms. The summed E-state index contributed by atoms with van der Waals surface area (Å²) < 4.78 is 5.60. The third-order valence-electron chi connectivity index (χ3n) is 2.62. The van der Waals surface area contributed by atoms with E-state index in [2.05, 4.69) is 10.3 Å². The molecule has 0 atom stereocenters. The van der Waals surface area contributed by atoms with E-state index >= 15 is 0 Å². The van der Waals surface area contributed by atoms with E-state index in [4.69, 9.17) is 51.1 Å². The number of nitrogens with zero attached hydrogens (tertiary/aromatic N) is 1. The van der Waals surface area contributed by atoms with Crippen LogP contribution in [0.15, 0.2) is 24.4 Å². The van der Waals surface area contributed by atoms with Crippen molar-refractivity contribution in [2.45, 2.75) is 13.5 Å². The van der Waals surface area contributed by atoms with Crippen LogP contribution in [0.2, 0.25) is 20.1 Å². The first-order chi connectivity index (χ1) is 10.0. The Morgan fingerprint density at radius 2 is 1.71 bits per heavy atom. The van der Waals surface area contributed by atoms with Gasteiger partial charge in [-0.1, -0.05) is 53.3 Å². The monoisotopic (exact) mass is 364 g/mol. The maximum Gasteiger partial charge on any atom is 0.238 e. The van der Waals surface area contributed by atoms with Crippen LogP contribution >= 0.6 is 46.4 Å². The van der Waals surface area contributed by atoms with Gasteiger partial charge in [-0.05, 0) is 24.2 Å². The fourth-order valence-corrected chi connectivity index (χ4v) is 2.40. The molecule has 0 fully saturated rings. The first kappa shape index (κ1) is 16.7. The molecule has 0 spiro atoms. The third kappa shape index (κ3) is 4.38. The largest absolute Gasteiger partial charge is 0.436 e. The quantitative estimate of drug-likeness (QED) is 0.700. The van der Waals surface area contributed by atoms with Crippen molar-refractivity contribution in [1.82, 2.24) is 10.3 Å². The van der Waals surface area contributed by atoms with Gasteiger partial charge in [0.15, 0.2) is 0 Å². The summed E-state index contributed by atoms with van der Waals surface area (Å²) in [5.41, 5.74) is 0.967. The molecule has 21 heavy (non-hydrogen) atoms. The lowest BCUT2D eigenvalue weighted by Crippen LogP contribution is -2.11. The topological polar surface area (TPSA) is 34.2 Å². The van der Waals surface area contributed by atoms with Crippen LogP contribution in [-0.2, 0) is 6.54 Å². The molecule has 1 heterocycles. The first-order valence-corrected chi connectivity index (χ1v) is 7.70. The van der Waals surface area contributed by atoms with Gasteiger partial charge in [0.25, 0.3) is 0 Å². The number of ether oxygens (including phenoxy) is 1. The molecule has 1 aromatic carbocycles. The third-order valence-corrected chi connectivity index (χ3v) is 3.91. The van der Waals surface area contributed by atoms with E-state index in [1.165, 1.54) is 12.1 Å². The Kier molecular flexibility index (Phi) is 5.97. The highest BCUT2D eigenvalue weighted by Gasteiger charge is 2.11. The predicted octanol–water partition coefficient (Wildman–Crippen LogP) is 5.60. The standard InChI is InChI=1S/C14H12Cl4N2O/c1-2-19-6-8-3-12(18)14(20-7-8)21-13-5-10(16)9(15)4-11(13)17/h3-5,7,19H,2,6H2,1H3. The van der Waals surface area contributed by atoms with E-state index in [0.717, 1.165) is 12.1 Å². The van der Waals surface area contributed by atoms with Crippen molar-refractivity contribution in [2.24, 2.45) is 0 Å². The summed E-state index contributed by atoms with van der Waals surface area (Å²) in [6.07, 6.45) is 1.69. The zero-order chi connectivity index (χ0) is 15.4. The molecule has 0 saturated carbocycles. The number of nitrogens with one attached hydrogen (secondary N) is 1. The number of halogens is 4. The van der Waals surface area contributed by atoms with Crippen LogP contribution in [0, 0.1) is 0 Å². The van der Waals surface area contributed by atoms with Crippen LogP contribution in [0.25, 0.3) is 0 Å². The summed E-state index contributed by atoms with van der Waals surface area (Å²) in [5.74, 6) is 0.608. The van der Waals surface area contributed by atoms with Crippen LogP contribution in [-0.4, -0.2) is 11.5 Å². The van der Waals surface area contributed by atoms with E-state index < -0.39 is 0 Å². The van der Waals surface area contributed by atoms with Gasteiger partial charge < -0.3 is 10.1 Å². The van der Waals surface area contributed by atoms with Gasteiger partial charge in [-0.15, -0.1) is 0 Å². The molecule has 2 aromatic rings. The highest BCUT2D eigenvalue weighted by atomic mass is 35.5. The fraction of sp³-hybridized carbons (Fsp3) is 0.214. The molecule has 0 aliphatic heterocycles. The summed E-state index contributed by atoms with van der Waals surface area (Å²) >= 11 is 24.0. The van der Waals surface area contributed by atoms with E-state index in [-0.39, 0.29) is 5.88 Å². The van der Waals surface area contributed by atoms with Crippen molar-refractivity contribution in [2.75, 3.05) is 6.54 Å². The fourth-order valence-electron chi connectivity index (χ4n) is 1.59. The average Bonchev–Trinajstić information content (AvgIpc) is 2.45. The summed E-state index contributed by atoms with van der Waals surface area (Å²) in [6, 6.07) is 4.82. The van der Waals surface area contributed by atoms with Crippen molar-refractivity contribution < 1.29 is 4.74 Å². The SMILES string of the molecule is CCNCc1cnc(Oc2cc(Cl)c(Cl)cc2Cl)c(Cl)c1. The van der Waals surface area contributed by atoms with E-state index in [1.54, 1.807) is 12.3 Å². The summed E-state index contributed by atoms with van der Waals surface area (Å²) in [5, 5.41) is 4.62. The molecule has 0 radical (unpaired) electrons. The number of aromatic nitrogens is 1. The lowest BCUT2D eigenvalue weighted by Gasteiger charge is -2.10. The van der Waals surface area contributed by atoms with Crippen LogP contribution in [0.5, 0.6) is 11.6 Å². The zero-order valence-electron chi connectivity index (χ0n) is 11.1. The summed E-state index contributed by atoms with van der Waals surface area (Å²) in [7, 11) is 0. The van der Waals surface area contributed by atoms with Crippen LogP contribution in [0.3, 0.4) is 0 Å². The number of rotatable bonds is 5. The number of hydrogen-bond donors (Lipinski definition) is 1. The molecule has 0 bridgehead atoms. The molecule has 0 aliphatic rings. The Labute approximate surface area is 143 Å². The molecule has 0 amide bonds. The minimum Gasteiger partial charge on any atom is -0.436 e. The second-order valence-corrected chi connectivity index (χ2v) is 5.84. The Hall–Kier alpha value is -0.710. The molecule has 0 saturated heterocycles. The van der Waals surface area contributed by atoms with Gasteiger partial charge in [0.2, 0.25) is 5.88 Å². The lowest BCUT2D eigenvalue weighted by molar-refractivity contribution is 0.463. The zero-order valence-corrected chi connectivity index (χ0v) is 14.1. The van der Waals surface area contributed by atoms with Gasteiger partial charge in [0.05, 0.1) is 15.1 Å². The van der Waals surface area contributed by atoms with Gasteiger partial charge in [-0.2, -0.15) is 0 Å². The van der Waals surface area contributed by atoms with Gasteiger partial charge in [-0.3, -0.25) is 0 Å². The Morgan fingerprint density at radius 1 is 1.00 bits per heavy atom. The molecule has 1 aromatic heterocycles. The van der Waals surface area contributed by atoms with E-state index in [1.807, 2.05) is 6.92 Å². The molecular weight excluding hydrogens is 354 g/mol. The summed E-state index contributed by atoms with van der Waals surface area (Å²) in [6.45, 7) is 3.59. The Morgan fingerprint density at radius 3 is 2.38 bits per heavy atom. The highest BCUT2D eigenvalue weighted by Crippen LogP contribution is 2.37.